The molecule has 0 unspecified atom stereocenters. The predicted molar refractivity (Wildman–Crippen MR) is 83.4 cm³/mol. The number of nitriles is 1. The van der Waals surface area contributed by atoms with Crippen LogP contribution in [0.2, 0.25) is 0 Å². The van der Waals surface area contributed by atoms with Gasteiger partial charge in [-0.05, 0) is 24.0 Å². The van der Waals surface area contributed by atoms with Crippen molar-refractivity contribution in [3.8, 4) is 6.07 Å². The molecule has 0 aliphatic heterocycles. The van der Waals surface area contributed by atoms with E-state index in [1.165, 1.54) is 5.56 Å². The molecule has 0 saturated carbocycles. The summed E-state index contributed by atoms with van der Waals surface area (Å²) in [6.45, 7) is 10.2. The minimum Gasteiger partial charge on any atom is -0.370 e. The van der Waals surface area contributed by atoms with Gasteiger partial charge in [0.1, 0.15) is 5.82 Å². The van der Waals surface area contributed by atoms with Crippen molar-refractivity contribution < 1.29 is 0 Å². The van der Waals surface area contributed by atoms with Crippen molar-refractivity contribution in [2.24, 2.45) is 5.92 Å². The Morgan fingerprint density at radius 1 is 1.40 bits per heavy atom. The third-order valence-electron chi connectivity index (χ3n) is 2.95. The van der Waals surface area contributed by atoms with Gasteiger partial charge < -0.3 is 5.32 Å². The molecule has 0 aromatic carbocycles. The lowest BCUT2D eigenvalue weighted by molar-refractivity contribution is 0.241. The summed E-state index contributed by atoms with van der Waals surface area (Å²) in [6.07, 6.45) is 3.60. The van der Waals surface area contributed by atoms with Gasteiger partial charge in [0, 0.05) is 38.8 Å². The van der Waals surface area contributed by atoms with Crippen molar-refractivity contribution in [3.63, 3.8) is 0 Å². The smallest absolute Gasteiger partial charge is 0.125 e. The zero-order valence-corrected chi connectivity index (χ0v) is 12.9. The maximum absolute atomic E-state index is 8.74. The third-order valence-corrected chi connectivity index (χ3v) is 2.95. The Morgan fingerprint density at radius 2 is 2.20 bits per heavy atom. The fourth-order valence-corrected chi connectivity index (χ4v) is 2.09. The Bertz CT molecular complexity index is 405. The molecule has 1 aromatic heterocycles. The SMILES string of the molecule is CCCNc1ccc(CN(CCC#N)CC(C)C)cn1. The summed E-state index contributed by atoms with van der Waals surface area (Å²) in [5.41, 5.74) is 1.20. The number of hydrogen-bond donors (Lipinski definition) is 1. The average Bonchev–Trinajstić information content (AvgIpc) is 2.43. The fraction of sp³-hybridized carbons (Fsp3) is 0.625. The van der Waals surface area contributed by atoms with Gasteiger partial charge in [0.2, 0.25) is 0 Å². The maximum atomic E-state index is 8.74. The summed E-state index contributed by atoms with van der Waals surface area (Å²) < 4.78 is 0. The zero-order valence-electron chi connectivity index (χ0n) is 12.9. The van der Waals surface area contributed by atoms with Gasteiger partial charge in [0.25, 0.3) is 0 Å². The van der Waals surface area contributed by atoms with E-state index in [0.29, 0.717) is 12.3 Å². The minimum atomic E-state index is 0.580. The van der Waals surface area contributed by atoms with E-state index in [1.807, 2.05) is 12.3 Å². The topological polar surface area (TPSA) is 52.0 Å². The monoisotopic (exact) mass is 274 g/mol. The lowest BCUT2D eigenvalue weighted by Crippen LogP contribution is -2.28. The summed E-state index contributed by atoms with van der Waals surface area (Å²) in [6, 6.07) is 6.37. The zero-order chi connectivity index (χ0) is 14.8. The first kappa shape index (κ1) is 16.5. The number of nitrogens with one attached hydrogen (secondary N) is 1. The molecular weight excluding hydrogens is 248 g/mol. The van der Waals surface area contributed by atoms with Gasteiger partial charge >= 0.3 is 0 Å². The second-order valence-electron chi connectivity index (χ2n) is 5.52. The Morgan fingerprint density at radius 3 is 2.75 bits per heavy atom. The van der Waals surface area contributed by atoms with Crippen LogP contribution in [-0.2, 0) is 6.54 Å². The molecule has 0 atom stereocenters. The highest BCUT2D eigenvalue weighted by Gasteiger charge is 2.08. The van der Waals surface area contributed by atoms with E-state index in [2.05, 4.69) is 48.1 Å². The lowest BCUT2D eigenvalue weighted by Gasteiger charge is -2.23. The predicted octanol–water partition coefficient (Wildman–Crippen LogP) is 3.28. The van der Waals surface area contributed by atoms with Crippen LogP contribution in [0.25, 0.3) is 0 Å². The van der Waals surface area contributed by atoms with Crippen molar-refractivity contribution >= 4 is 5.82 Å². The van der Waals surface area contributed by atoms with Crippen LogP contribution < -0.4 is 5.32 Å². The number of anilines is 1. The molecule has 1 heterocycles. The Hall–Kier alpha value is -1.60. The highest BCUT2D eigenvalue weighted by molar-refractivity contribution is 5.35. The summed E-state index contributed by atoms with van der Waals surface area (Å²) in [5, 5.41) is 12.0. The molecular formula is C16H26N4. The first-order valence-corrected chi connectivity index (χ1v) is 7.43. The summed E-state index contributed by atoms with van der Waals surface area (Å²) in [4.78, 5) is 6.75. The van der Waals surface area contributed by atoms with Crippen molar-refractivity contribution in [1.29, 1.82) is 5.26 Å². The molecule has 20 heavy (non-hydrogen) atoms. The molecule has 0 amide bonds. The molecule has 0 spiro atoms. The van der Waals surface area contributed by atoms with Crippen LogP contribution in [0.15, 0.2) is 18.3 Å². The highest BCUT2D eigenvalue weighted by Crippen LogP contribution is 2.10. The highest BCUT2D eigenvalue weighted by atomic mass is 15.1. The van der Waals surface area contributed by atoms with Crippen LogP contribution in [0.1, 0.15) is 39.2 Å². The van der Waals surface area contributed by atoms with E-state index < -0.39 is 0 Å². The second-order valence-corrected chi connectivity index (χ2v) is 5.52. The van der Waals surface area contributed by atoms with E-state index in [1.54, 1.807) is 0 Å². The standard InChI is InChI=1S/C16H26N4/c1-4-9-18-16-7-6-15(11-19-16)13-20(10-5-8-17)12-14(2)3/h6-7,11,14H,4-5,9-10,12-13H2,1-3H3,(H,18,19). The molecule has 0 aliphatic carbocycles. The molecule has 0 radical (unpaired) electrons. The van der Waals surface area contributed by atoms with Crippen LogP contribution in [0.3, 0.4) is 0 Å². The van der Waals surface area contributed by atoms with E-state index in [4.69, 9.17) is 5.26 Å². The van der Waals surface area contributed by atoms with Gasteiger partial charge in [-0.25, -0.2) is 4.98 Å². The quantitative estimate of drug-likeness (QED) is 0.751. The van der Waals surface area contributed by atoms with Crippen molar-refractivity contribution in [2.75, 3.05) is 25.0 Å². The van der Waals surface area contributed by atoms with Crippen LogP contribution in [0, 0.1) is 17.2 Å². The molecule has 1 aromatic rings. The average molecular weight is 274 g/mol. The van der Waals surface area contributed by atoms with Crippen LogP contribution >= 0.6 is 0 Å². The van der Waals surface area contributed by atoms with Gasteiger partial charge in [-0.3, -0.25) is 4.90 Å². The van der Waals surface area contributed by atoms with Gasteiger partial charge in [-0.1, -0.05) is 26.8 Å². The first-order valence-electron chi connectivity index (χ1n) is 7.43. The Balaban J connectivity index is 2.56. The summed E-state index contributed by atoms with van der Waals surface area (Å²) in [7, 11) is 0. The molecule has 4 nitrogen and oxygen atoms in total. The molecule has 0 aliphatic rings. The summed E-state index contributed by atoms with van der Waals surface area (Å²) in [5.74, 6) is 1.54. The largest absolute Gasteiger partial charge is 0.370 e. The van der Waals surface area contributed by atoms with E-state index in [9.17, 15) is 0 Å². The van der Waals surface area contributed by atoms with Crippen molar-refractivity contribution in [1.82, 2.24) is 9.88 Å². The molecule has 110 valence electrons. The second kappa shape index (κ2) is 9.33. The maximum Gasteiger partial charge on any atom is 0.125 e. The van der Waals surface area contributed by atoms with E-state index in [-0.39, 0.29) is 0 Å². The van der Waals surface area contributed by atoms with Crippen LogP contribution in [-0.4, -0.2) is 29.5 Å². The Labute approximate surface area is 122 Å². The molecule has 1 N–H and O–H groups in total. The van der Waals surface area contributed by atoms with Gasteiger partial charge in [-0.2, -0.15) is 5.26 Å². The number of hydrogen-bond acceptors (Lipinski definition) is 4. The molecule has 1 rings (SSSR count). The molecule has 4 heteroatoms. The van der Waals surface area contributed by atoms with Crippen LogP contribution in [0.5, 0.6) is 0 Å². The molecule has 0 fully saturated rings. The molecule has 0 saturated heterocycles. The van der Waals surface area contributed by atoms with Gasteiger partial charge in [-0.15, -0.1) is 0 Å². The third kappa shape index (κ3) is 6.53. The lowest BCUT2D eigenvalue weighted by atomic mass is 10.2. The Kier molecular flexibility index (Phi) is 7.67. The van der Waals surface area contributed by atoms with E-state index >= 15 is 0 Å². The minimum absolute atomic E-state index is 0.580. The van der Waals surface area contributed by atoms with Crippen LogP contribution in [0.4, 0.5) is 5.82 Å². The number of rotatable bonds is 9. The van der Waals surface area contributed by atoms with Crippen molar-refractivity contribution in [3.05, 3.63) is 23.9 Å². The number of aromatic nitrogens is 1. The van der Waals surface area contributed by atoms with Gasteiger partial charge in [0.15, 0.2) is 0 Å². The number of nitrogens with zero attached hydrogens (tertiary/aromatic N) is 3. The van der Waals surface area contributed by atoms with Gasteiger partial charge in [0.05, 0.1) is 6.07 Å². The van der Waals surface area contributed by atoms with E-state index in [0.717, 1.165) is 38.4 Å². The fourth-order valence-electron chi connectivity index (χ4n) is 2.09. The number of pyridine rings is 1. The normalized spacial score (nSPS) is 10.8. The molecule has 0 bridgehead atoms. The van der Waals surface area contributed by atoms with Crippen molar-refractivity contribution in [2.45, 2.75) is 40.2 Å². The first-order chi connectivity index (χ1) is 9.65. The summed E-state index contributed by atoms with van der Waals surface area (Å²) >= 11 is 0.